The first-order valence-electron chi connectivity index (χ1n) is 7.92. The highest BCUT2D eigenvalue weighted by molar-refractivity contribution is 8.00. The van der Waals surface area contributed by atoms with Gasteiger partial charge in [-0.15, -0.1) is 11.3 Å². The van der Waals surface area contributed by atoms with Crippen LogP contribution in [0.3, 0.4) is 0 Å². The Balaban J connectivity index is 1.87. The van der Waals surface area contributed by atoms with Crippen LogP contribution in [0.1, 0.15) is 26.0 Å². The fourth-order valence-corrected chi connectivity index (χ4v) is 4.23. The number of thioether (sulfide) groups is 1. The van der Waals surface area contributed by atoms with Crippen molar-refractivity contribution >= 4 is 45.0 Å². The van der Waals surface area contributed by atoms with E-state index in [0.29, 0.717) is 39.9 Å². The van der Waals surface area contributed by atoms with Crippen LogP contribution in [-0.2, 0) is 11.3 Å². The van der Waals surface area contributed by atoms with E-state index in [2.05, 4.69) is 15.5 Å². The summed E-state index contributed by atoms with van der Waals surface area (Å²) in [4.78, 5) is 29.7. The summed E-state index contributed by atoms with van der Waals surface area (Å²) in [7, 11) is 0. The van der Waals surface area contributed by atoms with Crippen LogP contribution in [0.25, 0.3) is 10.2 Å². The number of aromatic nitrogens is 3. The first-order valence-corrected chi connectivity index (χ1v) is 9.68. The summed E-state index contributed by atoms with van der Waals surface area (Å²) in [6.07, 6.45) is 0.592. The van der Waals surface area contributed by atoms with Crippen LogP contribution in [0.15, 0.2) is 32.0 Å². The number of fused-ring (bicyclic) bond motifs is 1. The summed E-state index contributed by atoms with van der Waals surface area (Å²) in [5.41, 5.74) is 0.608. The maximum Gasteiger partial charge on any atom is 0.272 e. The third-order valence-corrected chi connectivity index (χ3v) is 5.88. The number of carbonyl (C=O) groups excluding carboxylic acids is 1. The Labute approximate surface area is 152 Å². The second-order valence-electron chi connectivity index (χ2n) is 5.41. The number of anilines is 1. The van der Waals surface area contributed by atoms with Crippen LogP contribution in [0.5, 0.6) is 0 Å². The van der Waals surface area contributed by atoms with Gasteiger partial charge in [0.15, 0.2) is 11.0 Å². The summed E-state index contributed by atoms with van der Waals surface area (Å²) in [6.45, 7) is 6.08. The van der Waals surface area contributed by atoms with E-state index in [1.165, 1.54) is 23.1 Å². The average molecular weight is 378 g/mol. The van der Waals surface area contributed by atoms with Gasteiger partial charge in [-0.1, -0.05) is 23.8 Å². The van der Waals surface area contributed by atoms with Crippen molar-refractivity contribution in [2.75, 3.05) is 5.32 Å². The molecule has 0 saturated carbocycles. The van der Waals surface area contributed by atoms with Gasteiger partial charge in [0.1, 0.15) is 10.5 Å². The van der Waals surface area contributed by atoms with E-state index in [4.69, 9.17) is 4.52 Å². The molecule has 0 unspecified atom stereocenters. The molecular formula is C16H18N4O3S2. The highest BCUT2D eigenvalue weighted by Gasteiger charge is 2.22. The highest BCUT2D eigenvalue weighted by atomic mass is 32.2. The predicted molar refractivity (Wildman–Crippen MR) is 99.4 cm³/mol. The molecule has 3 heterocycles. The van der Waals surface area contributed by atoms with E-state index in [1.54, 1.807) is 17.6 Å². The van der Waals surface area contributed by atoms with E-state index >= 15 is 0 Å². The molecule has 25 heavy (non-hydrogen) atoms. The average Bonchev–Trinajstić information content (AvgIpc) is 3.21. The molecule has 9 heteroatoms. The van der Waals surface area contributed by atoms with E-state index < -0.39 is 5.25 Å². The van der Waals surface area contributed by atoms with Gasteiger partial charge in [-0.25, -0.2) is 4.98 Å². The van der Waals surface area contributed by atoms with Crippen LogP contribution in [-0.4, -0.2) is 25.9 Å². The summed E-state index contributed by atoms with van der Waals surface area (Å²) < 4.78 is 7.21. The van der Waals surface area contributed by atoms with Gasteiger partial charge in [-0.3, -0.25) is 14.2 Å². The molecule has 1 N–H and O–H groups in total. The number of hydrogen-bond acceptors (Lipinski definition) is 7. The summed E-state index contributed by atoms with van der Waals surface area (Å²) in [5.74, 6) is 0.819. The number of amides is 1. The SMILES string of the molecule is CC[C@@H](Sc1nc2ccsc2c(=O)n1CC)C(=O)Nc1cc(C)on1. The molecule has 0 saturated heterocycles. The minimum absolute atomic E-state index is 0.0626. The van der Waals surface area contributed by atoms with Crippen LogP contribution in [0.4, 0.5) is 5.82 Å². The Hall–Kier alpha value is -2.13. The van der Waals surface area contributed by atoms with Gasteiger partial charge >= 0.3 is 0 Å². The summed E-state index contributed by atoms with van der Waals surface area (Å²) in [5, 5.41) is 8.53. The van der Waals surface area contributed by atoms with Gasteiger partial charge in [-0.05, 0) is 31.7 Å². The number of nitrogens with zero attached hydrogens (tertiary/aromatic N) is 3. The third-order valence-electron chi connectivity index (χ3n) is 3.64. The van der Waals surface area contributed by atoms with Crippen molar-refractivity contribution in [2.24, 2.45) is 0 Å². The smallest absolute Gasteiger partial charge is 0.272 e. The van der Waals surface area contributed by atoms with Gasteiger partial charge in [0.05, 0.1) is 10.8 Å². The molecule has 0 fully saturated rings. The minimum Gasteiger partial charge on any atom is -0.360 e. The molecule has 0 aliphatic rings. The minimum atomic E-state index is -0.391. The zero-order valence-corrected chi connectivity index (χ0v) is 15.7. The zero-order valence-electron chi connectivity index (χ0n) is 14.1. The Bertz CT molecular complexity index is 960. The first kappa shape index (κ1) is 17.7. The molecular weight excluding hydrogens is 360 g/mol. The highest BCUT2D eigenvalue weighted by Crippen LogP contribution is 2.27. The lowest BCUT2D eigenvalue weighted by molar-refractivity contribution is -0.115. The maximum atomic E-state index is 12.6. The van der Waals surface area contributed by atoms with Gasteiger partial charge in [0.25, 0.3) is 5.56 Å². The predicted octanol–water partition coefficient (Wildman–Crippen LogP) is 3.28. The van der Waals surface area contributed by atoms with Gasteiger partial charge in [0, 0.05) is 12.6 Å². The molecule has 1 atom stereocenters. The van der Waals surface area contributed by atoms with Crippen LogP contribution in [0.2, 0.25) is 0 Å². The molecule has 0 aromatic carbocycles. The second kappa shape index (κ2) is 7.40. The molecule has 0 spiro atoms. The number of rotatable bonds is 6. The lowest BCUT2D eigenvalue weighted by Crippen LogP contribution is -2.27. The van der Waals surface area contributed by atoms with Gasteiger partial charge in [0.2, 0.25) is 5.91 Å². The fraction of sp³-hybridized carbons (Fsp3) is 0.375. The van der Waals surface area contributed by atoms with E-state index in [0.717, 1.165) is 0 Å². The van der Waals surface area contributed by atoms with E-state index in [-0.39, 0.29) is 11.5 Å². The van der Waals surface area contributed by atoms with Crippen molar-refractivity contribution in [3.05, 3.63) is 33.6 Å². The first-order chi connectivity index (χ1) is 12.0. The molecule has 1 amide bonds. The molecule has 7 nitrogen and oxygen atoms in total. The van der Waals surface area contributed by atoms with Crippen LogP contribution in [0, 0.1) is 6.92 Å². The van der Waals surface area contributed by atoms with Crippen LogP contribution >= 0.6 is 23.1 Å². The molecule has 3 aromatic heterocycles. The van der Waals surface area contributed by atoms with Gasteiger partial charge in [-0.2, -0.15) is 0 Å². The lowest BCUT2D eigenvalue weighted by Gasteiger charge is -2.16. The number of carbonyl (C=O) groups is 1. The fourth-order valence-electron chi connectivity index (χ4n) is 2.37. The standard InChI is InChI=1S/C16H18N4O3S2/c1-4-11(14(21)18-12-8-9(3)23-19-12)25-16-17-10-6-7-24-13(10)15(22)20(16)5-2/h6-8,11H,4-5H2,1-3H3,(H,18,19,21)/t11-/m1/s1. The molecule has 0 aliphatic carbocycles. The largest absolute Gasteiger partial charge is 0.360 e. The summed E-state index contributed by atoms with van der Waals surface area (Å²) >= 11 is 2.68. The number of thiophene rings is 1. The molecule has 3 aromatic rings. The molecule has 3 rings (SSSR count). The Morgan fingerprint density at radius 3 is 2.92 bits per heavy atom. The second-order valence-corrected chi connectivity index (χ2v) is 7.49. The maximum absolute atomic E-state index is 12.6. The van der Waals surface area contributed by atoms with Crippen molar-refractivity contribution in [2.45, 2.75) is 44.1 Å². The number of hydrogen-bond donors (Lipinski definition) is 1. The topological polar surface area (TPSA) is 90.0 Å². The van der Waals surface area contributed by atoms with Crippen molar-refractivity contribution in [1.82, 2.24) is 14.7 Å². The molecule has 132 valence electrons. The Morgan fingerprint density at radius 1 is 1.48 bits per heavy atom. The van der Waals surface area contributed by atoms with Crippen molar-refractivity contribution in [3.63, 3.8) is 0 Å². The van der Waals surface area contributed by atoms with E-state index in [9.17, 15) is 9.59 Å². The van der Waals surface area contributed by atoms with E-state index in [1.807, 2.05) is 25.3 Å². The van der Waals surface area contributed by atoms with Gasteiger partial charge < -0.3 is 9.84 Å². The zero-order chi connectivity index (χ0) is 18.0. The van der Waals surface area contributed by atoms with Crippen LogP contribution < -0.4 is 10.9 Å². The molecule has 0 radical (unpaired) electrons. The summed E-state index contributed by atoms with van der Waals surface area (Å²) in [6, 6.07) is 3.48. The molecule has 0 aliphatic heterocycles. The normalized spacial score (nSPS) is 12.4. The van der Waals surface area contributed by atoms with Crippen molar-refractivity contribution in [1.29, 1.82) is 0 Å². The number of aryl methyl sites for hydroxylation is 1. The quantitative estimate of drug-likeness (QED) is 0.523. The third kappa shape index (κ3) is 3.62. The Kier molecular flexibility index (Phi) is 5.24. The number of nitrogens with one attached hydrogen (secondary N) is 1. The monoisotopic (exact) mass is 378 g/mol. The van der Waals surface area contributed by atoms with Crippen molar-refractivity contribution in [3.8, 4) is 0 Å². The molecule has 0 bridgehead atoms. The lowest BCUT2D eigenvalue weighted by atomic mass is 10.3. The Morgan fingerprint density at radius 2 is 2.28 bits per heavy atom. The van der Waals surface area contributed by atoms with Crippen molar-refractivity contribution < 1.29 is 9.32 Å².